The number of likely N-dealkylation sites (tertiary alicyclic amines) is 1. The quantitative estimate of drug-likeness (QED) is 0.624. The average Bonchev–Trinajstić information content (AvgIpc) is 3.37. The Morgan fingerprint density at radius 1 is 1.12 bits per heavy atom. The molecule has 2 aromatic heterocycles. The Balaban J connectivity index is 1.41. The zero-order valence-electron chi connectivity index (χ0n) is 18.1. The monoisotopic (exact) mass is 432 g/mol. The normalized spacial score (nSPS) is 18.2. The maximum atomic E-state index is 12.9. The van der Waals surface area contributed by atoms with Gasteiger partial charge in [0.15, 0.2) is 5.69 Å². The maximum absolute atomic E-state index is 12.9. The minimum absolute atomic E-state index is 0.00820. The molecular weight excluding hydrogens is 408 g/mol. The molecule has 9 nitrogen and oxygen atoms in total. The molecule has 5 rings (SSSR count). The molecule has 0 aliphatic carbocycles. The fourth-order valence-corrected chi connectivity index (χ4v) is 4.46. The molecule has 1 fully saturated rings. The molecule has 9 heteroatoms. The largest absolute Gasteiger partial charge is 0.336 e. The van der Waals surface area contributed by atoms with Crippen molar-refractivity contribution in [2.75, 3.05) is 18.0 Å². The van der Waals surface area contributed by atoms with E-state index in [1.807, 2.05) is 37.3 Å². The van der Waals surface area contributed by atoms with Crippen LogP contribution in [-0.4, -0.2) is 50.1 Å². The summed E-state index contributed by atoms with van der Waals surface area (Å²) in [6, 6.07) is 9.90. The molecule has 0 N–H and O–H groups in total. The molecule has 0 spiro atoms. The van der Waals surface area contributed by atoms with Gasteiger partial charge in [-0.2, -0.15) is 0 Å². The summed E-state index contributed by atoms with van der Waals surface area (Å²) in [4.78, 5) is 38.8. The second-order valence-electron chi connectivity index (χ2n) is 8.40. The van der Waals surface area contributed by atoms with Crippen LogP contribution in [-0.2, 0) is 17.8 Å². The van der Waals surface area contributed by atoms with E-state index in [0.717, 1.165) is 29.7 Å². The molecule has 1 aromatic carbocycles. The van der Waals surface area contributed by atoms with E-state index in [1.165, 1.54) is 0 Å². The van der Waals surface area contributed by atoms with E-state index in [-0.39, 0.29) is 23.4 Å². The number of nitrogens with zero attached hydrogens (tertiary/aromatic N) is 6. The number of carbonyl (C=O) groups excluding carboxylic acids is 2. The van der Waals surface area contributed by atoms with Crippen molar-refractivity contribution in [1.82, 2.24) is 25.2 Å². The Kier molecular flexibility index (Phi) is 5.16. The van der Waals surface area contributed by atoms with Crippen molar-refractivity contribution in [1.29, 1.82) is 0 Å². The van der Waals surface area contributed by atoms with E-state index >= 15 is 0 Å². The van der Waals surface area contributed by atoms with Gasteiger partial charge in [-0.3, -0.25) is 14.5 Å². The number of hydrogen-bond donors (Lipinski definition) is 0. The third kappa shape index (κ3) is 3.63. The smallest absolute Gasteiger partial charge is 0.278 e. The molecular formula is C23H24N6O3. The van der Waals surface area contributed by atoms with Crippen LogP contribution in [0.5, 0.6) is 0 Å². The van der Waals surface area contributed by atoms with Crippen molar-refractivity contribution in [2.24, 2.45) is 0 Å². The summed E-state index contributed by atoms with van der Waals surface area (Å²) in [5, 5.41) is 7.47. The van der Waals surface area contributed by atoms with Crippen molar-refractivity contribution in [3.8, 4) is 0 Å². The lowest BCUT2D eigenvalue weighted by Crippen LogP contribution is -2.40. The minimum atomic E-state index is -0.188. The van der Waals surface area contributed by atoms with Crippen molar-refractivity contribution in [3.63, 3.8) is 0 Å². The van der Waals surface area contributed by atoms with E-state index in [4.69, 9.17) is 14.6 Å². The van der Waals surface area contributed by atoms with Crippen LogP contribution in [0.2, 0.25) is 0 Å². The number of aromatic nitrogens is 4. The average molecular weight is 432 g/mol. The summed E-state index contributed by atoms with van der Waals surface area (Å²) < 4.78 is 4.70. The first-order chi connectivity index (χ1) is 15.5. The molecule has 0 saturated carbocycles. The van der Waals surface area contributed by atoms with Gasteiger partial charge in [-0.15, -0.1) is 0 Å². The minimum Gasteiger partial charge on any atom is -0.336 e. The highest BCUT2D eigenvalue weighted by molar-refractivity contribution is 6.00. The highest BCUT2D eigenvalue weighted by Crippen LogP contribution is 2.33. The molecule has 1 saturated heterocycles. The van der Waals surface area contributed by atoms with Gasteiger partial charge >= 0.3 is 0 Å². The summed E-state index contributed by atoms with van der Waals surface area (Å²) in [7, 11) is 0. The van der Waals surface area contributed by atoms with Crippen LogP contribution in [0.25, 0.3) is 0 Å². The molecule has 0 radical (unpaired) electrons. The van der Waals surface area contributed by atoms with Crippen molar-refractivity contribution in [2.45, 2.75) is 45.6 Å². The molecule has 32 heavy (non-hydrogen) atoms. The molecule has 2 amide bonds. The summed E-state index contributed by atoms with van der Waals surface area (Å²) in [5.74, 6) is 1.22. The summed E-state index contributed by atoms with van der Waals surface area (Å²) >= 11 is 0. The van der Waals surface area contributed by atoms with Crippen molar-refractivity contribution < 1.29 is 14.2 Å². The third-order valence-corrected chi connectivity index (χ3v) is 6.21. The maximum Gasteiger partial charge on any atom is 0.278 e. The van der Waals surface area contributed by atoms with Crippen LogP contribution in [0, 0.1) is 13.8 Å². The number of carbonyl (C=O) groups is 2. The molecule has 164 valence electrons. The van der Waals surface area contributed by atoms with Crippen LogP contribution in [0.3, 0.4) is 0 Å². The molecule has 4 heterocycles. The van der Waals surface area contributed by atoms with Gasteiger partial charge in [-0.05, 0) is 37.4 Å². The molecule has 3 aromatic rings. The highest BCUT2D eigenvalue weighted by atomic mass is 16.6. The number of benzene rings is 1. The van der Waals surface area contributed by atoms with Crippen LogP contribution < -0.4 is 4.90 Å². The first-order valence-electron chi connectivity index (χ1n) is 10.8. The number of fused-ring (bicyclic) bond motifs is 1. The molecule has 0 bridgehead atoms. The van der Waals surface area contributed by atoms with Gasteiger partial charge in [-0.25, -0.2) is 14.6 Å². The first kappa shape index (κ1) is 20.3. The standard InChI is InChI=1S/C23H24N6O3/c1-14-18-11-19(30)29(12-16-7-4-3-5-8-16)22(18)25-21(24-14)17-9-6-10-28(13-17)23(31)20-15(2)26-32-27-20/h3-5,7-8,17H,6,9-13H2,1-2H3/t17-/m1/s1. The topological polar surface area (TPSA) is 105 Å². The predicted molar refractivity (Wildman–Crippen MR) is 115 cm³/mol. The molecule has 2 aliphatic heterocycles. The van der Waals surface area contributed by atoms with Crippen LogP contribution in [0.15, 0.2) is 35.0 Å². The number of amides is 2. The van der Waals surface area contributed by atoms with Gasteiger partial charge in [0.1, 0.15) is 17.3 Å². The molecule has 2 aliphatic rings. The second kappa shape index (κ2) is 8.14. The summed E-state index contributed by atoms with van der Waals surface area (Å²) in [6.45, 7) is 5.26. The first-order valence-corrected chi connectivity index (χ1v) is 10.8. The van der Waals surface area contributed by atoms with Crippen LogP contribution in [0.4, 0.5) is 5.82 Å². The Labute approximate surface area is 185 Å². The lowest BCUT2D eigenvalue weighted by atomic mass is 9.96. The van der Waals surface area contributed by atoms with Gasteiger partial charge in [-0.1, -0.05) is 35.5 Å². The SMILES string of the molecule is Cc1nonc1C(=O)N1CCC[C@@H](c2nc(C)c3c(n2)N(Cc2ccccc2)C(=O)C3)C1. The lowest BCUT2D eigenvalue weighted by Gasteiger charge is -2.32. The van der Waals surface area contributed by atoms with Crippen molar-refractivity contribution >= 4 is 17.6 Å². The van der Waals surface area contributed by atoms with E-state index in [1.54, 1.807) is 16.7 Å². The number of piperidine rings is 1. The van der Waals surface area contributed by atoms with Gasteiger partial charge in [0, 0.05) is 30.3 Å². The number of hydrogen-bond acceptors (Lipinski definition) is 7. The van der Waals surface area contributed by atoms with Gasteiger partial charge in [0.05, 0.1) is 13.0 Å². The van der Waals surface area contributed by atoms with Crippen LogP contribution in [0.1, 0.15) is 57.6 Å². The van der Waals surface area contributed by atoms with Gasteiger partial charge < -0.3 is 4.90 Å². The predicted octanol–water partition coefficient (Wildman–Crippen LogP) is 2.59. The lowest BCUT2D eigenvalue weighted by molar-refractivity contribution is -0.117. The second-order valence-corrected chi connectivity index (χ2v) is 8.40. The Morgan fingerprint density at radius 3 is 2.69 bits per heavy atom. The highest BCUT2D eigenvalue weighted by Gasteiger charge is 2.34. The Bertz CT molecular complexity index is 1180. The van der Waals surface area contributed by atoms with Crippen LogP contribution >= 0.6 is 0 Å². The zero-order chi connectivity index (χ0) is 22.2. The van der Waals surface area contributed by atoms with Crippen molar-refractivity contribution in [3.05, 3.63) is 64.4 Å². The Hall–Kier alpha value is -3.62. The number of anilines is 1. The fourth-order valence-electron chi connectivity index (χ4n) is 4.46. The number of aryl methyl sites for hydroxylation is 2. The van der Waals surface area contributed by atoms with E-state index in [2.05, 4.69) is 10.3 Å². The fraction of sp³-hybridized carbons (Fsp3) is 0.391. The Morgan fingerprint density at radius 2 is 1.94 bits per heavy atom. The van der Waals surface area contributed by atoms with Gasteiger partial charge in [0.25, 0.3) is 5.91 Å². The van der Waals surface area contributed by atoms with E-state index in [0.29, 0.717) is 43.4 Å². The number of rotatable bonds is 4. The van der Waals surface area contributed by atoms with E-state index < -0.39 is 0 Å². The summed E-state index contributed by atoms with van der Waals surface area (Å²) in [6.07, 6.45) is 2.04. The molecule has 0 unspecified atom stereocenters. The molecule has 1 atom stereocenters. The van der Waals surface area contributed by atoms with E-state index in [9.17, 15) is 9.59 Å². The third-order valence-electron chi connectivity index (χ3n) is 6.21. The summed E-state index contributed by atoms with van der Waals surface area (Å²) in [5.41, 5.74) is 3.50. The zero-order valence-corrected chi connectivity index (χ0v) is 18.1. The van der Waals surface area contributed by atoms with Gasteiger partial charge in [0.2, 0.25) is 5.91 Å².